The Morgan fingerprint density at radius 3 is 1.94 bits per heavy atom. The van der Waals surface area contributed by atoms with Gasteiger partial charge in [0.25, 0.3) is 5.91 Å². The van der Waals surface area contributed by atoms with Crippen LogP contribution in [0, 0.1) is 11.3 Å². The number of carboxylic acid groups (broad SMARTS) is 1. The molecule has 0 aliphatic carbocycles. The van der Waals surface area contributed by atoms with Crippen molar-refractivity contribution >= 4 is 35.1 Å². The van der Waals surface area contributed by atoms with Gasteiger partial charge in [0.05, 0.1) is 17.7 Å². The Hall–Kier alpha value is -3.37. The maximum Gasteiger partial charge on any atom is 0.323 e. The molecule has 6 nitrogen and oxygen atoms in total. The summed E-state index contributed by atoms with van der Waals surface area (Å²) in [6, 6.07) is 21.7. The summed E-state index contributed by atoms with van der Waals surface area (Å²) >= 11 is 12.1. The van der Waals surface area contributed by atoms with Crippen LogP contribution in [0.25, 0.3) is 0 Å². The number of amides is 1. The second-order valence-electron chi connectivity index (χ2n) is 7.58. The van der Waals surface area contributed by atoms with Gasteiger partial charge in [0, 0.05) is 10.0 Å². The average Bonchev–Trinajstić information content (AvgIpc) is 2.81. The number of rotatable bonds is 5. The number of hydrogen-bond acceptors (Lipinski definition) is 4. The number of benzene rings is 3. The van der Waals surface area contributed by atoms with Gasteiger partial charge in [0.1, 0.15) is 12.6 Å². The van der Waals surface area contributed by atoms with Crippen molar-refractivity contribution in [2.75, 3.05) is 6.54 Å². The van der Waals surface area contributed by atoms with E-state index in [4.69, 9.17) is 33.2 Å². The van der Waals surface area contributed by atoms with E-state index >= 15 is 0 Å². The largest absolute Gasteiger partial charge is 0.480 e. The molecule has 0 radical (unpaired) electrons. The summed E-state index contributed by atoms with van der Waals surface area (Å²) in [4.78, 5) is 26.6. The Labute approximate surface area is 200 Å². The number of morpholine rings is 1. The first kappa shape index (κ1) is 22.8. The molecule has 1 saturated heterocycles. The van der Waals surface area contributed by atoms with E-state index in [1.807, 2.05) is 6.07 Å². The summed E-state index contributed by atoms with van der Waals surface area (Å²) < 4.78 is 6.35. The lowest BCUT2D eigenvalue weighted by Crippen LogP contribution is -2.49. The lowest BCUT2D eigenvalue weighted by atomic mass is 9.90. The number of nitrogens with zero attached hydrogens (tertiary/aromatic N) is 2. The van der Waals surface area contributed by atoms with E-state index in [-0.39, 0.29) is 0 Å². The van der Waals surface area contributed by atoms with Crippen LogP contribution in [0.5, 0.6) is 0 Å². The van der Waals surface area contributed by atoms with Crippen LogP contribution in [0.15, 0.2) is 72.8 Å². The van der Waals surface area contributed by atoms with Crippen LogP contribution in [0.3, 0.4) is 0 Å². The highest BCUT2D eigenvalue weighted by molar-refractivity contribution is 6.30. The minimum Gasteiger partial charge on any atom is -0.480 e. The van der Waals surface area contributed by atoms with E-state index in [0.717, 1.165) is 5.56 Å². The lowest BCUT2D eigenvalue weighted by molar-refractivity contribution is -0.179. The Morgan fingerprint density at radius 1 is 0.909 bits per heavy atom. The number of carbonyl (C=O) groups excluding carboxylic acids is 1. The monoisotopic (exact) mass is 480 g/mol. The van der Waals surface area contributed by atoms with Crippen molar-refractivity contribution in [3.8, 4) is 6.07 Å². The summed E-state index contributed by atoms with van der Waals surface area (Å²) in [5.41, 5.74) is 2.40. The molecule has 3 aromatic carbocycles. The molecule has 1 amide bonds. The van der Waals surface area contributed by atoms with Crippen molar-refractivity contribution in [3.05, 3.63) is 105 Å². The Kier molecular flexibility index (Phi) is 6.66. The van der Waals surface area contributed by atoms with Crippen molar-refractivity contribution in [2.45, 2.75) is 18.2 Å². The van der Waals surface area contributed by atoms with Crippen molar-refractivity contribution in [3.63, 3.8) is 0 Å². The van der Waals surface area contributed by atoms with E-state index in [1.54, 1.807) is 72.8 Å². The Morgan fingerprint density at radius 2 is 1.42 bits per heavy atom. The van der Waals surface area contributed by atoms with Crippen molar-refractivity contribution in [2.24, 2.45) is 0 Å². The molecule has 3 atom stereocenters. The smallest absolute Gasteiger partial charge is 0.323 e. The van der Waals surface area contributed by atoms with Gasteiger partial charge in [-0.25, -0.2) is 0 Å². The van der Waals surface area contributed by atoms with E-state index in [1.165, 1.54) is 4.90 Å². The van der Waals surface area contributed by atoms with Crippen LogP contribution in [-0.4, -0.2) is 28.4 Å². The predicted octanol–water partition coefficient (Wildman–Crippen LogP) is 5.33. The molecule has 3 unspecified atom stereocenters. The topological polar surface area (TPSA) is 90.6 Å². The molecule has 4 rings (SSSR count). The summed E-state index contributed by atoms with van der Waals surface area (Å²) in [7, 11) is 0. The van der Waals surface area contributed by atoms with E-state index < -0.39 is 36.7 Å². The van der Waals surface area contributed by atoms with E-state index in [0.29, 0.717) is 26.7 Å². The molecule has 1 aliphatic rings. The van der Waals surface area contributed by atoms with Gasteiger partial charge in [-0.3, -0.25) is 9.59 Å². The van der Waals surface area contributed by atoms with Gasteiger partial charge in [0.2, 0.25) is 0 Å². The highest BCUT2D eigenvalue weighted by Gasteiger charge is 2.45. The minimum absolute atomic E-state index is 0.442. The molecule has 0 saturated carbocycles. The summed E-state index contributed by atoms with van der Waals surface area (Å²) in [6.45, 7) is -0.508. The van der Waals surface area contributed by atoms with Crippen LogP contribution in [0.1, 0.15) is 40.5 Å². The van der Waals surface area contributed by atoms with Crippen molar-refractivity contribution in [1.82, 2.24) is 4.90 Å². The van der Waals surface area contributed by atoms with Gasteiger partial charge < -0.3 is 14.7 Å². The van der Waals surface area contributed by atoms with E-state index in [9.17, 15) is 14.7 Å². The Bertz CT molecular complexity index is 1210. The number of nitriles is 1. The molecule has 1 heterocycles. The Balaban J connectivity index is 1.84. The average molecular weight is 481 g/mol. The molecule has 1 aliphatic heterocycles. The zero-order valence-electron chi connectivity index (χ0n) is 17.2. The zero-order valence-corrected chi connectivity index (χ0v) is 18.7. The fourth-order valence-electron chi connectivity index (χ4n) is 3.93. The van der Waals surface area contributed by atoms with Gasteiger partial charge in [-0.05, 0) is 53.1 Å². The fourth-order valence-corrected chi connectivity index (χ4v) is 4.19. The minimum atomic E-state index is -1.14. The normalized spacial score (nSPS) is 20.3. The number of carbonyl (C=O) groups is 2. The van der Waals surface area contributed by atoms with Crippen LogP contribution in [0.2, 0.25) is 10.0 Å². The maximum atomic E-state index is 13.5. The molecule has 0 spiro atoms. The zero-order chi connectivity index (χ0) is 23.5. The van der Waals surface area contributed by atoms with E-state index in [2.05, 4.69) is 0 Å². The number of ether oxygens (including phenoxy) is 1. The number of aliphatic carboxylic acids is 1. The second-order valence-corrected chi connectivity index (χ2v) is 8.45. The van der Waals surface area contributed by atoms with Gasteiger partial charge in [-0.2, -0.15) is 5.26 Å². The first-order chi connectivity index (χ1) is 15.9. The molecule has 1 N–H and O–H groups in total. The first-order valence-electron chi connectivity index (χ1n) is 10.1. The maximum absolute atomic E-state index is 13.5. The molecular weight excluding hydrogens is 463 g/mol. The predicted molar refractivity (Wildman–Crippen MR) is 123 cm³/mol. The third-order valence-electron chi connectivity index (χ3n) is 5.47. The van der Waals surface area contributed by atoms with Gasteiger partial charge in [-0.15, -0.1) is 0 Å². The van der Waals surface area contributed by atoms with Crippen LogP contribution < -0.4 is 0 Å². The highest BCUT2D eigenvalue weighted by Crippen LogP contribution is 2.46. The fraction of sp³-hybridized carbons (Fsp3) is 0.160. The number of halogens is 2. The third-order valence-corrected chi connectivity index (χ3v) is 5.97. The lowest BCUT2D eigenvalue weighted by Gasteiger charge is -2.44. The van der Waals surface area contributed by atoms with Crippen LogP contribution >= 0.6 is 23.2 Å². The summed E-state index contributed by atoms with van der Waals surface area (Å²) in [5, 5.41) is 19.7. The highest BCUT2D eigenvalue weighted by atomic mass is 35.5. The number of carboxylic acids is 1. The molecule has 166 valence electrons. The second kappa shape index (κ2) is 9.63. The molecule has 3 aromatic rings. The molecule has 8 heteroatoms. The molecule has 0 bridgehead atoms. The summed E-state index contributed by atoms with van der Waals surface area (Å²) in [5.74, 6) is -1.62. The standard InChI is InChI=1S/C25H18Cl2N2O4/c26-19-9-5-16(6-10-19)22-23(17-7-11-20(27)12-8-17)33-24(25(32)29(22)14-21(30)31)18-3-1-15(13-28)2-4-18/h1-12,22-24H,14H2,(H,30,31). The van der Waals surface area contributed by atoms with Crippen LogP contribution in [-0.2, 0) is 14.3 Å². The molecule has 0 aromatic heterocycles. The summed E-state index contributed by atoms with van der Waals surface area (Å²) in [6.07, 6.45) is -1.72. The quantitative estimate of drug-likeness (QED) is 0.532. The number of hydrogen-bond donors (Lipinski definition) is 1. The van der Waals surface area contributed by atoms with Crippen LogP contribution in [0.4, 0.5) is 0 Å². The first-order valence-corrected chi connectivity index (χ1v) is 10.8. The van der Waals surface area contributed by atoms with Gasteiger partial charge >= 0.3 is 5.97 Å². The third kappa shape index (κ3) is 4.86. The van der Waals surface area contributed by atoms with Crippen molar-refractivity contribution < 1.29 is 19.4 Å². The van der Waals surface area contributed by atoms with Crippen molar-refractivity contribution in [1.29, 1.82) is 5.26 Å². The molecule has 33 heavy (non-hydrogen) atoms. The molecular formula is C25H18Cl2N2O4. The van der Waals surface area contributed by atoms with Gasteiger partial charge in [-0.1, -0.05) is 59.6 Å². The SMILES string of the molecule is N#Cc1ccc(C2OC(c3ccc(Cl)cc3)C(c3ccc(Cl)cc3)N(CC(=O)O)C2=O)cc1. The van der Waals surface area contributed by atoms with Gasteiger partial charge in [0.15, 0.2) is 6.10 Å². The molecule has 1 fully saturated rings.